The summed E-state index contributed by atoms with van der Waals surface area (Å²) in [5, 5.41) is 3.35. The van der Waals surface area contributed by atoms with Crippen molar-refractivity contribution >= 4 is 33.3 Å². The van der Waals surface area contributed by atoms with Crippen molar-refractivity contribution in [2.24, 2.45) is 0 Å². The van der Waals surface area contributed by atoms with E-state index < -0.39 is 0 Å². The molecule has 5 nitrogen and oxygen atoms in total. The summed E-state index contributed by atoms with van der Waals surface area (Å²) in [5.74, 6) is 1.40. The summed E-state index contributed by atoms with van der Waals surface area (Å²) in [6.45, 7) is 4.24. The predicted octanol–water partition coefficient (Wildman–Crippen LogP) is 2.41. The average Bonchev–Trinajstić information content (AvgIpc) is 3.10. The normalized spacial score (nSPS) is 18.8. The molecule has 1 aliphatic rings. The number of aromatic nitrogens is 2. The first kappa shape index (κ1) is 14.5. The number of hydrogen-bond donors (Lipinski definition) is 2. The maximum Gasteiger partial charge on any atom is 0.222 e. The third-order valence-corrected chi connectivity index (χ3v) is 5.27. The highest BCUT2D eigenvalue weighted by Gasteiger charge is 2.25. The van der Waals surface area contributed by atoms with E-state index in [-0.39, 0.29) is 0 Å². The standard InChI is InChI=1S/C15H23N5S/c1-3-4-5-11-8-12-13(21-11)14(19-15(16)18-12)20-7-6-10(9-20)17-2/h8,10,17H,3-7,9H2,1-2H3,(H2,16,18,19)/t10-/m1/s1. The van der Waals surface area contributed by atoms with Crippen molar-refractivity contribution in [1.82, 2.24) is 15.3 Å². The van der Waals surface area contributed by atoms with Gasteiger partial charge in [0.05, 0.1) is 10.2 Å². The minimum atomic E-state index is 0.380. The number of unbranched alkanes of at least 4 members (excludes halogenated alkanes) is 1. The van der Waals surface area contributed by atoms with Gasteiger partial charge in [-0.1, -0.05) is 13.3 Å². The van der Waals surface area contributed by atoms with Crippen molar-refractivity contribution < 1.29 is 0 Å². The Balaban J connectivity index is 1.95. The monoisotopic (exact) mass is 305 g/mol. The van der Waals surface area contributed by atoms with Gasteiger partial charge >= 0.3 is 0 Å². The molecule has 2 aromatic rings. The predicted molar refractivity (Wildman–Crippen MR) is 90.1 cm³/mol. The number of fused-ring (bicyclic) bond motifs is 1. The van der Waals surface area contributed by atoms with Crippen molar-refractivity contribution in [2.45, 2.75) is 38.6 Å². The molecular weight excluding hydrogens is 282 g/mol. The summed E-state index contributed by atoms with van der Waals surface area (Å²) in [7, 11) is 2.02. The molecule has 1 fully saturated rings. The molecule has 0 aliphatic carbocycles. The Hall–Kier alpha value is -1.40. The second-order valence-corrected chi connectivity index (χ2v) is 6.79. The number of nitrogens with two attached hydrogens (primary N) is 1. The molecule has 0 spiro atoms. The first-order valence-corrected chi connectivity index (χ1v) is 8.51. The number of anilines is 2. The van der Waals surface area contributed by atoms with Crippen molar-refractivity contribution in [2.75, 3.05) is 30.8 Å². The van der Waals surface area contributed by atoms with Crippen molar-refractivity contribution in [3.8, 4) is 0 Å². The van der Waals surface area contributed by atoms with Gasteiger partial charge in [0, 0.05) is 24.0 Å². The van der Waals surface area contributed by atoms with Crippen LogP contribution in [0.3, 0.4) is 0 Å². The van der Waals surface area contributed by atoms with E-state index in [1.165, 1.54) is 22.4 Å². The number of hydrogen-bond acceptors (Lipinski definition) is 6. The molecule has 6 heteroatoms. The maximum absolute atomic E-state index is 5.91. The number of likely N-dealkylation sites (N-methyl/N-ethyl adjacent to an activating group) is 1. The first-order valence-electron chi connectivity index (χ1n) is 7.69. The second kappa shape index (κ2) is 6.15. The summed E-state index contributed by atoms with van der Waals surface area (Å²) in [4.78, 5) is 12.7. The molecule has 0 bridgehead atoms. The van der Waals surface area contributed by atoms with Gasteiger partial charge in [-0.25, -0.2) is 4.98 Å². The van der Waals surface area contributed by atoms with E-state index in [2.05, 4.69) is 33.2 Å². The van der Waals surface area contributed by atoms with Gasteiger partial charge in [-0.2, -0.15) is 4.98 Å². The van der Waals surface area contributed by atoms with Crippen LogP contribution in [-0.4, -0.2) is 36.1 Å². The lowest BCUT2D eigenvalue weighted by atomic mass is 10.2. The summed E-state index contributed by atoms with van der Waals surface area (Å²) in [6, 6.07) is 2.72. The van der Waals surface area contributed by atoms with Crippen LogP contribution in [0.5, 0.6) is 0 Å². The third-order valence-electron chi connectivity index (χ3n) is 4.09. The lowest BCUT2D eigenvalue weighted by molar-refractivity contribution is 0.616. The Bertz CT molecular complexity index is 624. The minimum absolute atomic E-state index is 0.380. The lowest BCUT2D eigenvalue weighted by Crippen LogP contribution is -2.30. The zero-order valence-electron chi connectivity index (χ0n) is 12.7. The summed E-state index contributed by atoms with van der Waals surface area (Å²) in [6.07, 6.45) is 4.70. The van der Waals surface area contributed by atoms with Crippen LogP contribution in [0.1, 0.15) is 31.1 Å². The Morgan fingerprint density at radius 1 is 1.48 bits per heavy atom. The van der Waals surface area contributed by atoms with E-state index in [0.717, 1.165) is 37.3 Å². The van der Waals surface area contributed by atoms with Gasteiger partial charge < -0.3 is 16.0 Å². The van der Waals surface area contributed by atoms with Gasteiger partial charge in [0.25, 0.3) is 0 Å². The number of rotatable bonds is 5. The third kappa shape index (κ3) is 2.96. The summed E-state index contributed by atoms with van der Waals surface area (Å²) in [5.41, 5.74) is 6.91. The summed E-state index contributed by atoms with van der Waals surface area (Å²) < 4.78 is 1.19. The fourth-order valence-corrected chi connectivity index (χ4v) is 4.01. The molecule has 3 heterocycles. The molecule has 3 N–H and O–H groups in total. The van der Waals surface area contributed by atoms with E-state index in [1.807, 2.05) is 18.4 Å². The largest absolute Gasteiger partial charge is 0.368 e. The molecule has 0 unspecified atom stereocenters. The SMILES string of the molecule is CCCCc1cc2nc(N)nc(N3CC[C@@H](NC)C3)c2s1. The molecule has 114 valence electrons. The topological polar surface area (TPSA) is 67.1 Å². The van der Waals surface area contributed by atoms with Crippen LogP contribution in [0.2, 0.25) is 0 Å². The average molecular weight is 305 g/mol. The highest BCUT2D eigenvalue weighted by molar-refractivity contribution is 7.19. The molecule has 2 aromatic heterocycles. The Morgan fingerprint density at radius 2 is 2.33 bits per heavy atom. The number of nitrogen functional groups attached to an aromatic ring is 1. The van der Waals surface area contributed by atoms with Gasteiger partial charge in [0.2, 0.25) is 5.95 Å². The molecule has 1 atom stereocenters. The highest BCUT2D eigenvalue weighted by atomic mass is 32.1. The fraction of sp³-hybridized carbons (Fsp3) is 0.600. The van der Waals surface area contributed by atoms with Crippen LogP contribution in [0.4, 0.5) is 11.8 Å². The van der Waals surface area contributed by atoms with Crippen LogP contribution in [0.25, 0.3) is 10.2 Å². The Labute approximate surface area is 129 Å². The van der Waals surface area contributed by atoms with Crippen LogP contribution in [-0.2, 0) is 6.42 Å². The summed E-state index contributed by atoms with van der Waals surface area (Å²) >= 11 is 1.83. The van der Waals surface area contributed by atoms with E-state index in [9.17, 15) is 0 Å². The van der Waals surface area contributed by atoms with E-state index >= 15 is 0 Å². The first-order chi connectivity index (χ1) is 10.2. The molecule has 1 aliphatic heterocycles. The molecule has 0 aromatic carbocycles. The molecule has 1 saturated heterocycles. The molecule has 3 rings (SSSR count). The number of aryl methyl sites for hydroxylation is 1. The van der Waals surface area contributed by atoms with Crippen molar-refractivity contribution in [3.05, 3.63) is 10.9 Å². The molecule has 0 amide bonds. The smallest absolute Gasteiger partial charge is 0.222 e. The van der Waals surface area contributed by atoms with Crippen LogP contribution >= 0.6 is 11.3 Å². The Kier molecular flexibility index (Phi) is 4.26. The Morgan fingerprint density at radius 3 is 3.05 bits per heavy atom. The van der Waals surface area contributed by atoms with Gasteiger partial charge in [-0.15, -0.1) is 11.3 Å². The molecule has 21 heavy (non-hydrogen) atoms. The number of nitrogens with zero attached hydrogens (tertiary/aromatic N) is 3. The number of thiophene rings is 1. The zero-order valence-corrected chi connectivity index (χ0v) is 13.5. The zero-order chi connectivity index (χ0) is 14.8. The highest BCUT2D eigenvalue weighted by Crippen LogP contribution is 2.34. The van der Waals surface area contributed by atoms with Crippen molar-refractivity contribution in [1.29, 1.82) is 0 Å². The van der Waals surface area contributed by atoms with Crippen LogP contribution in [0, 0.1) is 0 Å². The number of nitrogens with one attached hydrogen (secondary N) is 1. The quantitative estimate of drug-likeness (QED) is 0.888. The maximum atomic E-state index is 5.91. The van der Waals surface area contributed by atoms with E-state index in [1.54, 1.807) is 0 Å². The van der Waals surface area contributed by atoms with E-state index in [0.29, 0.717) is 12.0 Å². The van der Waals surface area contributed by atoms with Gasteiger partial charge in [0.1, 0.15) is 0 Å². The van der Waals surface area contributed by atoms with E-state index in [4.69, 9.17) is 5.73 Å². The fourth-order valence-electron chi connectivity index (χ4n) is 2.86. The molecule has 0 radical (unpaired) electrons. The van der Waals surface area contributed by atoms with Gasteiger partial charge in [0.15, 0.2) is 5.82 Å². The molecule has 0 saturated carbocycles. The van der Waals surface area contributed by atoms with Gasteiger partial charge in [-0.05, 0) is 32.4 Å². The lowest BCUT2D eigenvalue weighted by Gasteiger charge is -2.18. The van der Waals surface area contributed by atoms with Crippen LogP contribution < -0.4 is 16.0 Å². The van der Waals surface area contributed by atoms with Gasteiger partial charge in [-0.3, -0.25) is 0 Å². The minimum Gasteiger partial charge on any atom is -0.368 e. The second-order valence-electron chi connectivity index (χ2n) is 5.66. The van der Waals surface area contributed by atoms with Crippen LogP contribution in [0.15, 0.2) is 6.07 Å². The van der Waals surface area contributed by atoms with Crippen molar-refractivity contribution in [3.63, 3.8) is 0 Å². The molecular formula is C15H23N5S.